The Labute approximate surface area is 105 Å². The largest absolute Gasteiger partial charge is 0.497 e. The molecule has 1 aromatic heterocycles. The molecule has 4 heteroatoms. The summed E-state index contributed by atoms with van der Waals surface area (Å²) >= 11 is 1.59. The van der Waals surface area contributed by atoms with Crippen molar-refractivity contribution in [3.63, 3.8) is 0 Å². The van der Waals surface area contributed by atoms with E-state index in [0.717, 1.165) is 22.9 Å². The van der Waals surface area contributed by atoms with Gasteiger partial charge in [-0.05, 0) is 48.3 Å². The highest BCUT2D eigenvalue weighted by molar-refractivity contribution is 7.97. The summed E-state index contributed by atoms with van der Waals surface area (Å²) in [5.41, 5.74) is 1.04. The van der Waals surface area contributed by atoms with Crippen LogP contribution in [0.2, 0.25) is 0 Å². The van der Waals surface area contributed by atoms with Crippen LogP contribution in [0.15, 0.2) is 53.6 Å². The Morgan fingerprint density at radius 2 is 2.00 bits per heavy atom. The predicted octanol–water partition coefficient (Wildman–Crippen LogP) is 2.89. The van der Waals surface area contributed by atoms with E-state index in [4.69, 9.17) is 4.74 Å². The van der Waals surface area contributed by atoms with Gasteiger partial charge in [0.1, 0.15) is 5.75 Å². The Bertz CT molecular complexity index is 445. The summed E-state index contributed by atoms with van der Waals surface area (Å²) in [5.74, 6) is 0.874. The molecular weight excluding hydrogens is 232 g/mol. The summed E-state index contributed by atoms with van der Waals surface area (Å²) in [6.07, 6.45) is 1.80. The van der Waals surface area contributed by atoms with Gasteiger partial charge in [0.15, 0.2) is 0 Å². The molecule has 0 amide bonds. The van der Waals surface area contributed by atoms with Crippen LogP contribution in [0.3, 0.4) is 0 Å². The van der Waals surface area contributed by atoms with Crippen LogP contribution in [0.4, 0.5) is 0 Å². The summed E-state index contributed by atoms with van der Waals surface area (Å²) < 4.78 is 8.37. The molecule has 0 aliphatic rings. The van der Waals surface area contributed by atoms with Gasteiger partial charge < -0.3 is 4.74 Å². The van der Waals surface area contributed by atoms with Gasteiger partial charge in [-0.25, -0.2) is 0 Å². The topological polar surface area (TPSA) is 34.1 Å². The normalized spacial score (nSPS) is 10.2. The van der Waals surface area contributed by atoms with Crippen LogP contribution < -0.4 is 9.46 Å². The van der Waals surface area contributed by atoms with E-state index in [1.807, 2.05) is 42.5 Å². The zero-order chi connectivity index (χ0) is 11.9. The molecule has 0 aliphatic carbocycles. The number of nitrogens with one attached hydrogen (secondary N) is 1. The van der Waals surface area contributed by atoms with Crippen LogP contribution in [0, 0.1) is 0 Å². The number of benzene rings is 1. The number of aromatic nitrogens is 1. The lowest BCUT2D eigenvalue weighted by atomic mass is 10.3. The quantitative estimate of drug-likeness (QED) is 0.823. The van der Waals surface area contributed by atoms with Gasteiger partial charge in [-0.3, -0.25) is 9.71 Å². The van der Waals surface area contributed by atoms with Crippen LogP contribution in [0.1, 0.15) is 5.69 Å². The number of methoxy groups -OCH3 is 1. The molecule has 0 spiro atoms. The van der Waals surface area contributed by atoms with Crippen LogP contribution in [-0.4, -0.2) is 12.1 Å². The van der Waals surface area contributed by atoms with Crippen LogP contribution in [-0.2, 0) is 6.54 Å². The summed E-state index contributed by atoms with van der Waals surface area (Å²) in [6, 6.07) is 13.9. The number of hydrogen-bond donors (Lipinski definition) is 1. The van der Waals surface area contributed by atoms with Crippen molar-refractivity contribution in [3.05, 3.63) is 54.4 Å². The highest BCUT2D eigenvalue weighted by Gasteiger charge is 1.96. The summed E-state index contributed by atoms with van der Waals surface area (Å²) in [4.78, 5) is 5.40. The number of pyridine rings is 1. The fourth-order valence-corrected chi connectivity index (χ4v) is 2.00. The van der Waals surface area contributed by atoms with Crippen LogP contribution in [0.25, 0.3) is 0 Å². The van der Waals surface area contributed by atoms with Gasteiger partial charge in [0.25, 0.3) is 0 Å². The molecule has 2 rings (SSSR count). The lowest BCUT2D eigenvalue weighted by molar-refractivity contribution is 0.414. The molecule has 0 unspecified atom stereocenters. The number of ether oxygens (including phenoxy) is 1. The average molecular weight is 246 g/mol. The summed E-state index contributed by atoms with van der Waals surface area (Å²) in [7, 11) is 1.67. The molecule has 1 N–H and O–H groups in total. The van der Waals surface area contributed by atoms with E-state index in [2.05, 4.69) is 9.71 Å². The van der Waals surface area contributed by atoms with Gasteiger partial charge in [0, 0.05) is 17.6 Å². The van der Waals surface area contributed by atoms with Crippen molar-refractivity contribution in [1.82, 2.24) is 9.71 Å². The molecule has 3 nitrogen and oxygen atoms in total. The van der Waals surface area contributed by atoms with Crippen molar-refractivity contribution in [3.8, 4) is 5.75 Å². The second-order valence-electron chi connectivity index (χ2n) is 3.42. The molecule has 2 aromatic rings. The van der Waals surface area contributed by atoms with Gasteiger partial charge in [-0.15, -0.1) is 0 Å². The van der Waals surface area contributed by atoms with E-state index in [-0.39, 0.29) is 0 Å². The molecule has 0 fully saturated rings. The molecular formula is C13H14N2OS. The third-order valence-electron chi connectivity index (χ3n) is 2.23. The van der Waals surface area contributed by atoms with Crippen molar-refractivity contribution in [2.45, 2.75) is 11.4 Å². The molecule has 0 atom stereocenters. The third kappa shape index (κ3) is 3.76. The lowest BCUT2D eigenvalue weighted by Crippen LogP contribution is -2.04. The van der Waals surface area contributed by atoms with Gasteiger partial charge in [-0.1, -0.05) is 6.07 Å². The smallest absolute Gasteiger partial charge is 0.118 e. The lowest BCUT2D eigenvalue weighted by Gasteiger charge is -2.04. The van der Waals surface area contributed by atoms with Crippen molar-refractivity contribution < 1.29 is 4.74 Å². The van der Waals surface area contributed by atoms with Crippen molar-refractivity contribution in [2.75, 3.05) is 7.11 Å². The van der Waals surface area contributed by atoms with E-state index < -0.39 is 0 Å². The monoisotopic (exact) mass is 246 g/mol. The Balaban J connectivity index is 1.82. The number of nitrogens with zero attached hydrogens (tertiary/aromatic N) is 1. The summed E-state index contributed by atoms with van der Waals surface area (Å²) in [5, 5.41) is 0. The standard InChI is InChI=1S/C13H14N2OS/c1-16-12-5-7-13(8-6-12)17-15-10-11-4-2-3-9-14-11/h2-9,15H,10H2,1H3. The highest BCUT2D eigenvalue weighted by atomic mass is 32.2. The maximum Gasteiger partial charge on any atom is 0.118 e. The Kier molecular flexibility index (Phi) is 4.41. The fraction of sp³-hybridized carbons (Fsp3) is 0.154. The molecule has 0 saturated heterocycles. The zero-order valence-corrected chi connectivity index (χ0v) is 10.4. The molecule has 1 aromatic carbocycles. The van der Waals surface area contributed by atoms with Gasteiger partial charge >= 0.3 is 0 Å². The second kappa shape index (κ2) is 6.27. The zero-order valence-electron chi connectivity index (χ0n) is 9.59. The predicted molar refractivity (Wildman–Crippen MR) is 69.9 cm³/mol. The van der Waals surface area contributed by atoms with E-state index in [9.17, 15) is 0 Å². The van der Waals surface area contributed by atoms with E-state index in [0.29, 0.717) is 0 Å². The molecule has 1 heterocycles. The summed E-state index contributed by atoms with van der Waals surface area (Å²) in [6.45, 7) is 0.748. The first kappa shape index (κ1) is 12.0. The van der Waals surface area contributed by atoms with Crippen molar-refractivity contribution >= 4 is 11.9 Å². The molecule has 88 valence electrons. The third-order valence-corrected chi connectivity index (χ3v) is 3.03. The SMILES string of the molecule is COc1ccc(SNCc2ccccn2)cc1. The molecule has 0 saturated carbocycles. The van der Waals surface area contributed by atoms with Crippen molar-refractivity contribution in [1.29, 1.82) is 0 Å². The van der Waals surface area contributed by atoms with E-state index >= 15 is 0 Å². The van der Waals surface area contributed by atoms with E-state index in [1.165, 1.54) is 0 Å². The van der Waals surface area contributed by atoms with Crippen molar-refractivity contribution in [2.24, 2.45) is 0 Å². The second-order valence-corrected chi connectivity index (χ2v) is 4.38. The number of hydrogen-bond acceptors (Lipinski definition) is 4. The Morgan fingerprint density at radius 3 is 2.65 bits per heavy atom. The first-order valence-electron chi connectivity index (χ1n) is 5.32. The molecule has 17 heavy (non-hydrogen) atoms. The minimum Gasteiger partial charge on any atom is -0.497 e. The maximum atomic E-state index is 5.10. The van der Waals surface area contributed by atoms with Crippen LogP contribution >= 0.6 is 11.9 Å². The van der Waals surface area contributed by atoms with Gasteiger partial charge in [-0.2, -0.15) is 0 Å². The first-order chi connectivity index (χ1) is 8.38. The van der Waals surface area contributed by atoms with E-state index in [1.54, 1.807) is 25.3 Å². The molecule has 0 radical (unpaired) electrons. The van der Waals surface area contributed by atoms with Crippen LogP contribution in [0.5, 0.6) is 5.75 Å². The minimum absolute atomic E-state index is 0.748. The number of rotatable bonds is 5. The van der Waals surface area contributed by atoms with Gasteiger partial charge in [0.05, 0.1) is 12.8 Å². The fourth-order valence-electron chi connectivity index (χ4n) is 1.34. The van der Waals surface area contributed by atoms with Gasteiger partial charge in [0.2, 0.25) is 0 Å². The highest BCUT2D eigenvalue weighted by Crippen LogP contribution is 2.18. The molecule has 0 aliphatic heterocycles. The Morgan fingerprint density at radius 1 is 1.18 bits per heavy atom. The minimum atomic E-state index is 0.748. The first-order valence-corrected chi connectivity index (χ1v) is 6.14. The maximum absolute atomic E-state index is 5.10. The average Bonchev–Trinajstić information content (AvgIpc) is 2.41. The Hall–Kier alpha value is -1.52. The molecule has 0 bridgehead atoms.